The molecule has 1 aromatic carbocycles. The van der Waals surface area contributed by atoms with E-state index in [2.05, 4.69) is 17.3 Å². The zero-order chi connectivity index (χ0) is 14.0. The number of nitrogens with zero attached hydrogens (tertiary/aromatic N) is 3. The third kappa shape index (κ3) is 2.48. The number of non-ortho nitro benzene ring substituents is 1. The molecular formula is C13H16N4O2. The molecule has 2 rings (SSSR count). The molecule has 0 aliphatic carbocycles. The number of hydrogen-bond donors (Lipinski definition) is 1. The first-order valence-electron chi connectivity index (χ1n) is 6.01. The quantitative estimate of drug-likeness (QED) is 0.676. The summed E-state index contributed by atoms with van der Waals surface area (Å²) < 4.78 is 1.78. The minimum absolute atomic E-state index is 0.0809. The molecule has 1 N–H and O–H groups in total. The van der Waals surface area contributed by atoms with E-state index in [1.165, 1.54) is 12.1 Å². The second-order valence-electron chi connectivity index (χ2n) is 4.38. The van der Waals surface area contributed by atoms with Crippen LogP contribution >= 0.6 is 0 Å². The standard InChI is InChI=1S/C13H16N4O2/c1-9(14-3)13-8-15-16(10(13)2)11-4-6-12(7-5-11)17(18)19/h4-9,14H,1-3H3. The second-order valence-corrected chi connectivity index (χ2v) is 4.38. The lowest BCUT2D eigenvalue weighted by molar-refractivity contribution is -0.384. The van der Waals surface area contributed by atoms with Crippen LogP contribution in [0.5, 0.6) is 0 Å². The number of benzene rings is 1. The third-order valence-corrected chi connectivity index (χ3v) is 3.25. The van der Waals surface area contributed by atoms with E-state index in [9.17, 15) is 10.1 Å². The number of nitro groups is 1. The lowest BCUT2D eigenvalue weighted by Crippen LogP contribution is -2.13. The van der Waals surface area contributed by atoms with Gasteiger partial charge < -0.3 is 5.32 Å². The summed E-state index contributed by atoms with van der Waals surface area (Å²) in [6.45, 7) is 4.04. The van der Waals surface area contributed by atoms with Crippen LogP contribution in [0.15, 0.2) is 30.5 Å². The van der Waals surface area contributed by atoms with Crippen LogP contribution in [0.1, 0.15) is 24.2 Å². The SMILES string of the molecule is CNC(C)c1cnn(-c2ccc([N+](=O)[O-])cc2)c1C. The fraction of sp³-hybridized carbons (Fsp3) is 0.308. The summed E-state index contributed by atoms with van der Waals surface area (Å²) in [4.78, 5) is 10.2. The molecule has 6 nitrogen and oxygen atoms in total. The Morgan fingerprint density at radius 1 is 1.37 bits per heavy atom. The van der Waals surface area contributed by atoms with Crippen molar-refractivity contribution in [1.82, 2.24) is 15.1 Å². The summed E-state index contributed by atoms with van der Waals surface area (Å²) in [5, 5.41) is 18.1. The molecule has 1 aromatic heterocycles. The van der Waals surface area contributed by atoms with Gasteiger partial charge in [0.2, 0.25) is 0 Å². The third-order valence-electron chi connectivity index (χ3n) is 3.25. The minimum Gasteiger partial charge on any atom is -0.313 e. The highest BCUT2D eigenvalue weighted by molar-refractivity contribution is 5.42. The predicted molar refractivity (Wildman–Crippen MR) is 72.4 cm³/mol. The van der Waals surface area contributed by atoms with Crippen molar-refractivity contribution < 1.29 is 4.92 Å². The Balaban J connectivity index is 2.37. The molecule has 2 aromatic rings. The highest BCUT2D eigenvalue weighted by atomic mass is 16.6. The van der Waals surface area contributed by atoms with Gasteiger partial charge >= 0.3 is 0 Å². The lowest BCUT2D eigenvalue weighted by atomic mass is 10.1. The van der Waals surface area contributed by atoms with E-state index in [0.717, 1.165) is 16.9 Å². The first kappa shape index (κ1) is 13.2. The van der Waals surface area contributed by atoms with Gasteiger partial charge in [-0.15, -0.1) is 0 Å². The van der Waals surface area contributed by atoms with Crippen LogP contribution in [0.2, 0.25) is 0 Å². The molecule has 1 atom stereocenters. The highest BCUT2D eigenvalue weighted by Gasteiger charge is 2.13. The number of rotatable bonds is 4. The second kappa shape index (κ2) is 5.19. The highest BCUT2D eigenvalue weighted by Crippen LogP contribution is 2.21. The minimum atomic E-state index is -0.408. The van der Waals surface area contributed by atoms with Crippen LogP contribution in [0, 0.1) is 17.0 Å². The average Bonchev–Trinajstić information content (AvgIpc) is 2.80. The maximum Gasteiger partial charge on any atom is 0.269 e. The largest absolute Gasteiger partial charge is 0.313 e. The summed E-state index contributed by atoms with van der Waals surface area (Å²) in [5.41, 5.74) is 3.03. The van der Waals surface area contributed by atoms with E-state index in [1.807, 2.05) is 20.2 Å². The van der Waals surface area contributed by atoms with Gasteiger partial charge in [0.25, 0.3) is 5.69 Å². The van der Waals surface area contributed by atoms with Crippen LogP contribution in [0.3, 0.4) is 0 Å². The Hall–Kier alpha value is -2.21. The molecule has 0 spiro atoms. The molecular weight excluding hydrogens is 244 g/mol. The molecule has 1 heterocycles. The summed E-state index contributed by atoms with van der Waals surface area (Å²) in [6, 6.07) is 6.58. The molecule has 6 heteroatoms. The molecule has 0 fully saturated rings. The molecule has 0 amide bonds. The van der Waals surface area contributed by atoms with Gasteiger partial charge in [-0.2, -0.15) is 5.10 Å². The Morgan fingerprint density at radius 2 is 2.00 bits per heavy atom. The molecule has 0 saturated heterocycles. The van der Waals surface area contributed by atoms with Crippen molar-refractivity contribution in [3.05, 3.63) is 51.8 Å². The van der Waals surface area contributed by atoms with Crippen molar-refractivity contribution in [2.24, 2.45) is 0 Å². The van der Waals surface area contributed by atoms with Gasteiger partial charge in [0.15, 0.2) is 0 Å². The fourth-order valence-corrected chi connectivity index (χ4v) is 1.98. The van der Waals surface area contributed by atoms with Gasteiger partial charge in [0.05, 0.1) is 16.8 Å². The zero-order valence-corrected chi connectivity index (χ0v) is 11.1. The first-order chi connectivity index (χ1) is 9.04. The molecule has 1 unspecified atom stereocenters. The van der Waals surface area contributed by atoms with Crippen LogP contribution in [-0.4, -0.2) is 21.8 Å². The summed E-state index contributed by atoms with van der Waals surface area (Å²) in [6.07, 6.45) is 1.82. The molecule has 0 radical (unpaired) electrons. The van der Waals surface area contributed by atoms with E-state index in [-0.39, 0.29) is 11.7 Å². The molecule has 0 saturated carbocycles. The Morgan fingerprint density at radius 3 is 2.53 bits per heavy atom. The molecule has 0 aliphatic rings. The van der Waals surface area contributed by atoms with Crippen molar-refractivity contribution in [3.8, 4) is 5.69 Å². The normalized spacial score (nSPS) is 12.4. The number of aromatic nitrogens is 2. The van der Waals surface area contributed by atoms with Crippen molar-refractivity contribution in [2.75, 3.05) is 7.05 Å². The van der Waals surface area contributed by atoms with E-state index in [0.29, 0.717) is 0 Å². The maximum absolute atomic E-state index is 10.6. The number of nitrogens with one attached hydrogen (secondary N) is 1. The monoisotopic (exact) mass is 260 g/mol. The molecule has 0 aliphatic heterocycles. The molecule has 100 valence electrons. The first-order valence-corrected chi connectivity index (χ1v) is 6.01. The smallest absolute Gasteiger partial charge is 0.269 e. The van der Waals surface area contributed by atoms with Gasteiger partial charge in [-0.1, -0.05) is 0 Å². The fourth-order valence-electron chi connectivity index (χ4n) is 1.98. The van der Waals surface area contributed by atoms with E-state index in [1.54, 1.807) is 16.8 Å². The Bertz CT molecular complexity index is 589. The maximum atomic E-state index is 10.6. The lowest BCUT2D eigenvalue weighted by Gasteiger charge is -2.10. The van der Waals surface area contributed by atoms with Crippen LogP contribution in [0.4, 0.5) is 5.69 Å². The summed E-state index contributed by atoms with van der Waals surface area (Å²) in [7, 11) is 1.90. The van der Waals surface area contributed by atoms with Crippen LogP contribution < -0.4 is 5.32 Å². The topological polar surface area (TPSA) is 73.0 Å². The summed E-state index contributed by atoms with van der Waals surface area (Å²) in [5.74, 6) is 0. The predicted octanol–water partition coefficient (Wildman–Crippen LogP) is 2.37. The van der Waals surface area contributed by atoms with E-state index < -0.39 is 4.92 Å². The number of nitro benzene ring substituents is 1. The van der Waals surface area contributed by atoms with E-state index >= 15 is 0 Å². The number of hydrogen-bond acceptors (Lipinski definition) is 4. The van der Waals surface area contributed by atoms with Crippen molar-refractivity contribution in [3.63, 3.8) is 0 Å². The van der Waals surface area contributed by atoms with Crippen LogP contribution in [0.25, 0.3) is 5.69 Å². The van der Waals surface area contributed by atoms with Gasteiger partial charge in [-0.3, -0.25) is 10.1 Å². The molecule has 19 heavy (non-hydrogen) atoms. The average molecular weight is 260 g/mol. The van der Waals surface area contributed by atoms with Gasteiger partial charge in [0.1, 0.15) is 0 Å². The van der Waals surface area contributed by atoms with Crippen molar-refractivity contribution in [1.29, 1.82) is 0 Å². The zero-order valence-electron chi connectivity index (χ0n) is 11.1. The van der Waals surface area contributed by atoms with Crippen molar-refractivity contribution in [2.45, 2.75) is 19.9 Å². The summed E-state index contributed by atoms with van der Waals surface area (Å²) >= 11 is 0. The van der Waals surface area contributed by atoms with Gasteiger partial charge in [0, 0.05) is 29.4 Å². The van der Waals surface area contributed by atoms with Crippen molar-refractivity contribution >= 4 is 5.69 Å². The Kier molecular flexibility index (Phi) is 3.62. The van der Waals surface area contributed by atoms with Crippen LogP contribution in [-0.2, 0) is 0 Å². The Labute approximate surface area is 111 Å². The van der Waals surface area contributed by atoms with E-state index in [4.69, 9.17) is 0 Å². The van der Waals surface area contributed by atoms with Gasteiger partial charge in [-0.25, -0.2) is 4.68 Å². The van der Waals surface area contributed by atoms with Gasteiger partial charge in [-0.05, 0) is 33.0 Å². The molecule has 0 bridgehead atoms.